The predicted octanol–water partition coefficient (Wildman–Crippen LogP) is 0.746. The Balaban J connectivity index is 2.02. The molecule has 2 fully saturated rings. The summed E-state index contributed by atoms with van der Waals surface area (Å²) in [7, 11) is -3.42. The van der Waals surface area contributed by atoms with Crippen LogP contribution in [0, 0.1) is 5.92 Å². The number of rotatable bonds is 2. The highest BCUT2D eigenvalue weighted by Crippen LogP contribution is 2.60. The predicted molar refractivity (Wildman–Crippen MR) is 62.8 cm³/mol. The van der Waals surface area contributed by atoms with E-state index in [9.17, 15) is 13.2 Å². The van der Waals surface area contributed by atoms with Gasteiger partial charge in [0.2, 0.25) is 15.9 Å². The zero-order valence-corrected chi connectivity index (χ0v) is 10.3. The van der Waals surface area contributed by atoms with Crippen LogP contribution >= 0.6 is 0 Å². The molecule has 1 aliphatic heterocycles. The van der Waals surface area contributed by atoms with Gasteiger partial charge in [0, 0.05) is 6.54 Å². The van der Waals surface area contributed by atoms with E-state index in [1.54, 1.807) is 0 Å². The Morgan fingerprint density at radius 3 is 2.47 bits per heavy atom. The molecule has 3 rings (SSSR count). The number of nitrogens with zero attached hydrogens (tertiary/aromatic N) is 1. The number of amides is 1. The maximum Gasteiger partial charge on any atom is 0.247 e. The van der Waals surface area contributed by atoms with Crippen LogP contribution in [0.2, 0.25) is 0 Å². The van der Waals surface area contributed by atoms with Crippen molar-refractivity contribution in [1.82, 2.24) is 4.31 Å². The van der Waals surface area contributed by atoms with Crippen LogP contribution in [0.5, 0.6) is 0 Å². The first-order valence-electron chi connectivity index (χ1n) is 5.54. The number of fused-ring (bicyclic) bond motifs is 1. The van der Waals surface area contributed by atoms with Gasteiger partial charge in [-0.3, -0.25) is 4.79 Å². The molecule has 17 heavy (non-hydrogen) atoms. The molecular weight excluding hydrogens is 238 g/mol. The lowest BCUT2D eigenvalue weighted by atomic mass is 9.94. The Labute approximate surface area is 100 Å². The second kappa shape index (κ2) is 3.10. The SMILES string of the molecule is CS(=O)(=O)N1C[C@@H]2C[C@]2(c2ccccc2)C1=O. The molecule has 1 saturated heterocycles. The first-order valence-corrected chi connectivity index (χ1v) is 7.39. The molecule has 90 valence electrons. The fourth-order valence-electron chi connectivity index (χ4n) is 2.82. The minimum atomic E-state index is -3.42. The van der Waals surface area contributed by atoms with Crippen molar-refractivity contribution in [3.05, 3.63) is 35.9 Å². The van der Waals surface area contributed by atoms with Gasteiger partial charge in [-0.15, -0.1) is 0 Å². The summed E-state index contributed by atoms with van der Waals surface area (Å²) in [6.07, 6.45) is 1.87. The highest BCUT2D eigenvalue weighted by molar-refractivity contribution is 7.88. The molecule has 5 heteroatoms. The van der Waals surface area contributed by atoms with Crippen molar-refractivity contribution in [3.63, 3.8) is 0 Å². The van der Waals surface area contributed by atoms with Gasteiger partial charge >= 0.3 is 0 Å². The Kier molecular flexibility index (Phi) is 1.96. The van der Waals surface area contributed by atoms with E-state index in [2.05, 4.69) is 0 Å². The van der Waals surface area contributed by atoms with E-state index in [0.717, 1.165) is 22.5 Å². The summed E-state index contributed by atoms with van der Waals surface area (Å²) in [6.45, 7) is 0.340. The molecule has 1 saturated carbocycles. The van der Waals surface area contributed by atoms with Crippen LogP contribution in [-0.2, 0) is 20.2 Å². The molecule has 1 aromatic rings. The third-order valence-electron chi connectivity index (χ3n) is 3.79. The Morgan fingerprint density at radius 2 is 1.94 bits per heavy atom. The highest BCUT2D eigenvalue weighted by Gasteiger charge is 2.68. The normalized spacial score (nSPS) is 31.5. The monoisotopic (exact) mass is 251 g/mol. The first-order chi connectivity index (χ1) is 7.96. The minimum Gasteiger partial charge on any atom is -0.273 e. The maximum atomic E-state index is 12.3. The molecule has 0 bridgehead atoms. The zero-order chi connectivity index (χ0) is 12.3. The number of piperidine rings is 1. The van der Waals surface area contributed by atoms with E-state index >= 15 is 0 Å². The van der Waals surface area contributed by atoms with Gasteiger partial charge in [-0.2, -0.15) is 0 Å². The molecule has 0 unspecified atom stereocenters. The van der Waals surface area contributed by atoms with Crippen LogP contribution in [0.3, 0.4) is 0 Å². The molecule has 1 aliphatic carbocycles. The van der Waals surface area contributed by atoms with Crippen LogP contribution in [0.4, 0.5) is 0 Å². The molecule has 2 aliphatic rings. The van der Waals surface area contributed by atoms with E-state index < -0.39 is 15.4 Å². The van der Waals surface area contributed by atoms with Gasteiger partial charge in [0.15, 0.2) is 0 Å². The molecule has 0 aromatic heterocycles. The average Bonchev–Trinajstić information content (AvgIpc) is 2.94. The largest absolute Gasteiger partial charge is 0.273 e. The number of benzene rings is 1. The number of carbonyl (C=O) groups is 1. The summed E-state index contributed by atoms with van der Waals surface area (Å²) in [4.78, 5) is 12.3. The lowest BCUT2D eigenvalue weighted by molar-refractivity contribution is -0.126. The van der Waals surface area contributed by atoms with Crippen molar-refractivity contribution in [2.45, 2.75) is 11.8 Å². The molecular formula is C12H13NO3S. The van der Waals surface area contributed by atoms with Gasteiger partial charge in [0.25, 0.3) is 0 Å². The van der Waals surface area contributed by atoms with Crippen molar-refractivity contribution in [1.29, 1.82) is 0 Å². The smallest absolute Gasteiger partial charge is 0.247 e. The van der Waals surface area contributed by atoms with Crippen molar-refractivity contribution in [3.8, 4) is 0 Å². The fraction of sp³-hybridized carbons (Fsp3) is 0.417. The number of carbonyl (C=O) groups excluding carboxylic acids is 1. The van der Waals surface area contributed by atoms with Gasteiger partial charge in [0.05, 0.1) is 11.7 Å². The van der Waals surface area contributed by atoms with Crippen LogP contribution in [0.15, 0.2) is 30.3 Å². The Bertz CT molecular complexity index is 581. The number of hydrogen-bond acceptors (Lipinski definition) is 3. The van der Waals surface area contributed by atoms with Crippen LogP contribution in [-0.4, -0.2) is 31.4 Å². The number of hydrogen-bond donors (Lipinski definition) is 0. The maximum absolute atomic E-state index is 12.3. The van der Waals surface area contributed by atoms with Crippen molar-refractivity contribution in [2.75, 3.05) is 12.8 Å². The van der Waals surface area contributed by atoms with Gasteiger partial charge in [-0.1, -0.05) is 30.3 Å². The molecule has 1 heterocycles. The average molecular weight is 251 g/mol. The summed E-state index contributed by atoms with van der Waals surface area (Å²) >= 11 is 0. The molecule has 0 spiro atoms. The molecule has 0 radical (unpaired) electrons. The van der Waals surface area contributed by atoms with E-state index in [4.69, 9.17) is 0 Å². The molecule has 1 amide bonds. The third kappa shape index (κ3) is 1.35. The van der Waals surface area contributed by atoms with Gasteiger partial charge in [0.1, 0.15) is 0 Å². The van der Waals surface area contributed by atoms with E-state index in [-0.39, 0.29) is 11.8 Å². The van der Waals surface area contributed by atoms with Crippen molar-refractivity contribution in [2.24, 2.45) is 5.92 Å². The molecule has 2 atom stereocenters. The Morgan fingerprint density at radius 1 is 1.29 bits per heavy atom. The van der Waals surface area contributed by atoms with Crippen molar-refractivity contribution >= 4 is 15.9 Å². The van der Waals surface area contributed by atoms with Gasteiger partial charge in [-0.05, 0) is 17.9 Å². The second-order valence-electron chi connectivity index (χ2n) is 4.84. The number of sulfonamides is 1. The fourth-order valence-corrected chi connectivity index (χ4v) is 3.73. The zero-order valence-electron chi connectivity index (χ0n) is 9.46. The first kappa shape index (κ1) is 10.8. The Hall–Kier alpha value is -1.36. The molecule has 0 N–H and O–H groups in total. The standard InChI is InChI=1S/C12H13NO3S/c1-17(15,16)13-8-10-7-12(10,11(13)14)9-5-3-2-4-6-9/h2-6,10H,7-8H2,1H3/t10-,12+/m0/s1. The summed E-state index contributed by atoms with van der Waals surface area (Å²) in [5, 5.41) is 0. The van der Waals surface area contributed by atoms with Crippen molar-refractivity contribution < 1.29 is 13.2 Å². The van der Waals surface area contributed by atoms with Crippen LogP contribution in [0.25, 0.3) is 0 Å². The van der Waals surface area contributed by atoms with Crippen LogP contribution < -0.4 is 0 Å². The van der Waals surface area contributed by atoms with Gasteiger partial charge in [-0.25, -0.2) is 12.7 Å². The summed E-state index contributed by atoms with van der Waals surface area (Å²) in [6, 6.07) is 9.48. The lowest BCUT2D eigenvalue weighted by Gasteiger charge is -2.18. The van der Waals surface area contributed by atoms with E-state index in [0.29, 0.717) is 6.54 Å². The van der Waals surface area contributed by atoms with Gasteiger partial charge < -0.3 is 0 Å². The molecule has 1 aromatic carbocycles. The van der Waals surface area contributed by atoms with Crippen LogP contribution in [0.1, 0.15) is 12.0 Å². The summed E-state index contributed by atoms with van der Waals surface area (Å²) < 4.78 is 24.0. The summed E-state index contributed by atoms with van der Waals surface area (Å²) in [5.74, 6) is -0.0941. The third-order valence-corrected chi connectivity index (χ3v) is 4.90. The topological polar surface area (TPSA) is 54.5 Å². The highest BCUT2D eigenvalue weighted by atomic mass is 32.2. The van der Waals surface area contributed by atoms with E-state index in [1.807, 2.05) is 30.3 Å². The summed E-state index contributed by atoms with van der Waals surface area (Å²) in [5.41, 5.74) is 0.394. The lowest BCUT2D eigenvalue weighted by Crippen LogP contribution is -2.37. The quantitative estimate of drug-likeness (QED) is 0.779. The minimum absolute atomic E-state index is 0.159. The van der Waals surface area contributed by atoms with E-state index in [1.165, 1.54) is 0 Å². The molecule has 4 nitrogen and oxygen atoms in total. The second-order valence-corrected chi connectivity index (χ2v) is 6.74.